The van der Waals surface area contributed by atoms with E-state index in [0.717, 1.165) is 12.8 Å². The van der Waals surface area contributed by atoms with Crippen LogP contribution in [0.15, 0.2) is 18.3 Å². The van der Waals surface area contributed by atoms with Gasteiger partial charge in [-0.25, -0.2) is 4.98 Å². The Kier molecular flexibility index (Phi) is 4.09. The number of hydrogen-bond acceptors (Lipinski definition) is 3. The molecule has 1 saturated heterocycles. The van der Waals surface area contributed by atoms with Crippen molar-refractivity contribution in [2.75, 3.05) is 17.8 Å². The fourth-order valence-corrected chi connectivity index (χ4v) is 3.24. The number of piperidine rings is 1. The predicted octanol–water partition coefficient (Wildman–Crippen LogP) is 2.12. The van der Waals surface area contributed by atoms with Crippen molar-refractivity contribution < 1.29 is 8.42 Å². The van der Waals surface area contributed by atoms with Gasteiger partial charge in [-0.15, -0.1) is 0 Å². The lowest BCUT2D eigenvalue weighted by Gasteiger charge is -2.29. The van der Waals surface area contributed by atoms with Crippen molar-refractivity contribution in [3.63, 3.8) is 0 Å². The molecule has 0 bridgehead atoms. The summed E-state index contributed by atoms with van der Waals surface area (Å²) in [5, 5.41) is 0.454. The highest BCUT2D eigenvalue weighted by Crippen LogP contribution is 2.20. The summed E-state index contributed by atoms with van der Waals surface area (Å²) in [6.07, 6.45) is 3.26. The van der Waals surface area contributed by atoms with Crippen molar-refractivity contribution in [3.05, 3.63) is 23.4 Å². The lowest BCUT2D eigenvalue weighted by molar-refractivity contribution is 0.289. The molecule has 0 spiro atoms. The fourth-order valence-electron chi connectivity index (χ4n) is 1.88. The summed E-state index contributed by atoms with van der Waals surface area (Å²) < 4.78 is 28.1. The molecule has 1 aliphatic rings. The van der Waals surface area contributed by atoms with Gasteiger partial charge < -0.3 is 0 Å². The van der Waals surface area contributed by atoms with Crippen molar-refractivity contribution >= 4 is 27.6 Å². The van der Waals surface area contributed by atoms with Crippen molar-refractivity contribution in [2.45, 2.75) is 19.8 Å². The number of anilines is 1. The van der Waals surface area contributed by atoms with Gasteiger partial charge in [0.1, 0.15) is 5.82 Å². The monoisotopic (exact) mass is 289 g/mol. The van der Waals surface area contributed by atoms with Crippen LogP contribution in [0.1, 0.15) is 19.8 Å². The molecule has 18 heavy (non-hydrogen) atoms. The first kappa shape index (κ1) is 13.6. The Bertz CT molecular complexity index is 513. The maximum atomic E-state index is 12.1. The zero-order valence-electron chi connectivity index (χ0n) is 10.1. The topological polar surface area (TPSA) is 62.3 Å². The van der Waals surface area contributed by atoms with Crippen LogP contribution in [0.4, 0.5) is 5.82 Å². The number of pyridine rings is 1. The van der Waals surface area contributed by atoms with Gasteiger partial charge in [0.25, 0.3) is 0 Å². The number of rotatable bonds is 3. The Morgan fingerprint density at radius 2 is 2.11 bits per heavy atom. The summed E-state index contributed by atoms with van der Waals surface area (Å²) in [5.41, 5.74) is 0. The fraction of sp³-hybridized carbons (Fsp3) is 0.545. The average molecular weight is 290 g/mol. The van der Waals surface area contributed by atoms with Crippen molar-refractivity contribution in [2.24, 2.45) is 5.92 Å². The van der Waals surface area contributed by atoms with E-state index in [9.17, 15) is 8.42 Å². The molecule has 2 heterocycles. The summed E-state index contributed by atoms with van der Waals surface area (Å²) in [5.74, 6) is 0.835. The van der Waals surface area contributed by atoms with E-state index in [4.69, 9.17) is 11.6 Å². The third-order valence-electron chi connectivity index (χ3n) is 3.04. The van der Waals surface area contributed by atoms with E-state index < -0.39 is 10.2 Å². The lowest BCUT2D eigenvalue weighted by Crippen LogP contribution is -2.41. The normalized spacial score (nSPS) is 18.8. The third kappa shape index (κ3) is 3.34. The Hall–Kier alpha value is -0.850. The van der Waals surface area contributed by atoms with Crippen LogP contribution < -0.4 is 4.72 Å². The molecule has 1 aliphatic heterocycles. The second-order valence-electron chi connectivity index (χ2n) is 4.55. The minimum Gasteiger partial charge on any atom is -0.254 e. The number of halogens is 1. The first-order valence-corrected chi connectivity index (χ1v) is 7.68. The largest absolute Gasteiger partial charge is 0.302 e. The highest BCUT2D eigenvalue weighted by molar-refractivity contribution is 7.90. The van der Waals surface area contributed by atoms with E-state index in [2.05, 4.69) is 16.6 Å². The van der Waals surface area contributed by atoms with E-state index in [1.165, 1.54) is 16.6 Å². The molecule has 1 aromatic heterocycles. The Morgan fingerprint density at radius 3 is 2.72 bits per heavy atom. The SMILES string of the molecule is CC1CCN(S(=O)(=O)Nc2cc(Cl)ccn2)CC1. The van der Waals surface area contributed by atoms with Gasteiger partial charge in [0.2, 0.25) is 0 Å². The summed E-state index contributed by atoms with van der Waals surface area (Å²) in [4.78, 5) is 3.93. The molecule has 0 atom stereocenters. The van der Waals surface area contributed by atoms with Gasteiger partial charge in [-0.3, -0.25) is 4.72 Å². The first-order valence-electron chi connectivity index (χ1n) is 5.87. The third-order valence-corrected chi connectivity index (χ3v) is 4.79. The highest BCUT2D eigenvalue weighted by atomic mass is 35.5. The Morgan fingerprint density at radius 1 is 1.44 bits per heavy atom. The molecule has 0 saturated carbocycles. The minimum absolute atomic E-state index is 0.251. The summed E-state index contributed by atoms with van der Waals surface area (Å²) in [6.45, 7) is 3.24. The van der Waals surface area contributed by atoms with E-state index in [1.807, 2.05) is 0 Å². The summed E-state index contributed by atoms with van der Waals surface area (Å²) >= 11 is 5.79. The summed E-state index contributed by atoms with van der Waals surface area (Å²) in [6, 6.07) is 3.09. The summed E-state index contributed by atoms with van der Waals surface area (Å²) in [7, 11) is -3.51. The zero-order valence-corrected chi connectivity index (χ0v) is 11.7. The number of hydrogen-bond donors (Lipinski definition) is 1. The van der Waals surface area contributed by atoms with Gasteiger partial charge >= 0.3 is 10.2 Å². The van der Waals surface area contributed by atoms with Gasteiger partial charge in [0.05, 0.1) is 0 Å². The molecular formula is C11H16ClN3O2S. The molecule has 5 nitrogen and oxygen atoms in total. The van der Waals surface area contributed by atoms with Gasteiger partial charge in [-0.05, 0) is 24.8 Å². The maximum Gasteiger partial charge on any atom is 0.302 e. The minimum atomic E-state index is -3.51. The Labute approximate surface area is 112 Å². The molecule has 0 aromatic carbocycles. The second-order valence-corrected chi connectivity index (χ2v) is 6.66. The molecule has 7 heteroatoms. The van der Waals surface area contributed by atoms with Crippen LogP contribution in [0.5, 0.6) is 0 Å². The second kappa shape index (κ2) is 5.42. The standard InChI is InChI=1S/C11H16ClN3O2S/c1-9-3-6-15(7-4-9)18(16,17)14-11-8-10(12)2-5-13-11/h2,5,8-9H,3-4,6-7H2,1H3,(H,13,14). The molecule has 0 unspecified atom stereocenters. The van der Waals surface area contributed by atoms with Gasteiger partial charge in [-0.2, -0.15) is 12.7 Å². The molecule has 0 aliphatic carbocycles. The van der Waals surface area contributed by atoms with Crippen LogP contribution in [0.2, 0.25) is 5.02 Å². The van der Waals surface area contributed by atoms with Crippen molar-refractivity contribution in [1.29, 1.82) is 0 Å². The molecule has 1 fully saturated rings. The quantitative estimate of drug-likeness (QED) is 0.927. The molecular weight excluding hydrogens is 274 g/mol. The van der Waals surface area contributed by atoms with Crippen molar-refractivity contribution in [3.8, 4) is 0 Å². The molecule has 0 radical (unpaired) electrons. The van der Waals surface area contributed by atoms with Crippen molar-refractivity contribution in [1.82, 2.24) is 9.29 Å². The number of aromatic nitrogens is 1. The van der Waals surface area contributed by atoms with E-state index in [-0.39, 0.29) is 5.82 Å². The molecule has 1 N–H and O–H groups in total. The van der Waals surface area contributed by atoms with Crippen LogP contribution in [-0.4, -0.2) is 30.8 Å². The van der Waals surface area contributed by atoms with Crippen LogP contribution in [0.25, 0.3) is 0 Å². The number of nitrogens with zero attached hydrogens (tertiary/aromatic N) is 2. The Balaban J connectivity index is 2.08. The predicted molar refractivity (Wildman–Crippen MR) is 71.8 cm³/mol. The molecule has 100 valence electrons. The van der Waals surface area contributed by atoms with E-state index >= 15 is 0 Å². The van der Waals surface area contributed by atoms with Crippen LogP contribution in [-0.2, 0) is 10.2 Å². The first-order chi connectivity index (χ1) is 8.47. The zero-order chi connectivity index (χ0) is 13.2. The van der Waals surface area contributed by atoms with Crippen LogP contribution >= 0.6 is 11.6 Å². The van der Waals surface area contributed by atoms with Crippen LogP contribution in [0.3, 0.4) is 0 Å². The highest BCUT2D eigenvalue weighted by Gasteiger charge is 2.26. The maximum absolute atomic E-state index is 12.1. The van der Waals surface area contributed by atoms with Gasteiger partial charge in [-0.1, -0.05) is 18.5 Å². The molecule has 1 aromatic rings. The molecule has 0 amide bonds. The smallest absolute Gasteiger partial charge is 0.254 e. The van der Waals surface area contributed by atoms with E-state index in [1.54, 1.807) is 6.07 Å². The van der Waals surface area contributed by atoms with Crippen LogP contribution in [0, 0.1) is 5.92 Å². The van der Waals surface area contributed by atoms with Gasteiger partial charge in [0.15, 0.2) is 0 Å². The molecule has 2 rings (SSSR count). The van der Waals surface area contributed by atoms with Gasteiger partial charge in [0, 0.05) is 30.4 Å². The average Bonchev–Trinajstić information content (AvgIpc) is 2.29. The lowest BCUT2D eigenvalue weighted by atomic mass is 10.0. The van der Waals surface area contributed by atoms with E-state index in [0.29, 0.717) is 24.0 Å². The number of nitrogens with one attached hydrogen (secondary N) is 1.